The lowest BCUT2D eigenvalue weighted by atomic mass is 10.1. The molecule has 0 aliphatic carbocycles. The van der Waals surface area contributed by atoms with Crippen LogP contribution < -0.4 is 5.43 Å². The summed E-state index contributed by atoms with van der Waals surface area (Å²) in [6.45, 7) is 0. The number of nitrogens with one attached hydrogen (secondary N) is 1. The average Bonchev–Trinajstić information content (AvgIpc) is 3.19. The zero-order valence-corrected chi connectivity index (χ0v) is 15.2. The van der Waals surface area contributed by atoms with E-state index in [0.29, 0.717) is 11.3 Å². The maximum absolute atomic E-state index is 13.3. The van der Waals surface area contributed by atoms with Crippen LogP contribution in [0.25, 0.3) is 16.9 Å². The van der Waals surface area contributed by atoms with E-state index in [9.17, 15) is 9.18 Å². The van der Waals surface area contributed by atoms with Crippen molar-refractivity contribution < 1.29 is 9.18 Å². The van der Waals surface area contributed by atoms with Crippen molar-refractivity contribution in [1.82, 2.24) is 20.2 Å². The zero-order valence-electron chi connectivity index (χ0n) is 15.2. The predicted molar refractivity (Wildman–Crippen MR) is 108 cm³/mol. The average molecular weight is 385 g/mol. The van der Waals surface area contributed by atoms with Crippen LogP contribution in [-0.2, 0) is 0 Å². The molecule has 0 atom stereocenters. The van der Waals surface area contributed by atoms with Crippen LogP contribution in [0.1, 0.15) is 16.1 Å². The molecule has 0 radical (unpaired) electrons. The smallest absolute Gasteiger partial charge is 0.266 e. The van der Waals surface area contributed by atoms with Crippen LogP contribution in [0.3, 0.4) is 0 Å². The van der Waals surface area contributed by atoms with Crippen LogP contribution in [0, 0.1) is 5.82 Å². The van der Waals surface area contributed by atoms with Gasteiger partial charge < -0.3 is 0 Å². The van der Waals surface area contributed by atoms with Crippen LogP contribution in [0.15, 0.2) is 90.3 Å². The van der Waals surface area contributed by atoms with E-state index in [0.717, 1.165) is 11.3 Å². The van der Waals surface area contributed by atoms with Gasteiger partial charge in [0.2, 0.25) is 0 Å². The molecule has 0 saturated carbocycles. The monoisotopic (exact) mass is 385 g/mol. The Hall–Kier alpha value is -4.13. The highest BCUT2D eigenvalue weighted by molar-refractivity contribution is 5.94. The van der Waals surface area contributed by atoms with Gasteiger partial charge in [0.25, 0.3) is 5.91 Å². The molecule has 0 aliphatic heterocycles. The molecule has 0 saturated heterocycles. The van der Waals surface area contributed by atoms with Gasteiger partial charge in [0.15, 0.2) is 0 Å². The van der Waals surface area contributed by atoms with Crippen molar-refractivity contribution in [2.45, 2.75) is 0 Å². The fourth-order valence-electron chi connectivity index (χ4n) is 2.74. The number of para-hydroxylation sites is 1. The van der Waals surface area contributed by atoms with Crippen molar-refractivity contribution in [3.05, 3.63) is 102 Å². The number of carbonyl (C=O) groups excluding carboxylic acids is 1. The van der Waals surface area contributed by atoms with Gasteiger partial charge in [-0.25, -0.2) is 14.5 Å². The summed E-state index contributed by atoms with van der Waals surface area (Å²) in [4.78, 5) is 16.1. The molecule has 4 aromatic rings. The third-order valence-electron chi connectivity index (χ3n) is 4.15. The van der Waals surface area contributed by atoms with Crippen molar-refractivity contribution in [2.75, 3.05) is 0 Å². The number of rotatable bonds is 5. The minimum absolute atomic E-state index is 0.267. The molecule has 1 N–H and O–H groups in total. The maximum atomic E-state index is 13.3. The second kappa shape index (κ2) is 8.26. The molecule has 2 aromatic heterocycles. The number of hydrazone groups is 1. The summed E-state index contributed by atoms with van der Waals surface area (Å²) in [5, 5.41) is 8.65. The molecule has 2 aromatic carbocycles. The molecule has 0 spiro atoms. The van der Waals surface area contributed by atoms with E-state index in [1.54, 1.807) is 41.2 Å². The lowest BCUT2D eigenvalue weighted by Gasteiger charge is -2.00. The van der Waals surface area contributed by atoms with E-state index in [4.69, 9.17) is 0 Å². The van der Waals surface area contributed by atoms with E-state index < -0.39 is 5.91 Å². The summed E-state index contributed by atoms with van der Waals surface area (Å²) >= 11 is 0. The van der Waals surface area contributed by atoms with E-state index >= 15 is 0 Å². The minimum atomic E-state index is -0.416. The SMILES string of the molecule is O=C(N/N=C\c1cn(-c2ccccc2)nc1-c1ccc(F)cc1)c1ccccn1. The van der Waals surface area contributed by atoms with Crippen molar-refractivity contribution in [2.24, 2.45) is 5.10 Å². The van der Waals surface area contributed by atoms with Gasteiger partial charge in [-0.1, -0.05) is 24.3 Å². The standard InChI is InChI=1S/C22H16FN5O/c23-18-11-9-16(10-12-18)21-17(15-28(27-21)19-6-2-1-3-7-19)14-25-26-22(29)20-8-4-5-13-24-20/h1-15H,(H,26,29)/b25-14-. The fourth-order valence-corrected chi connectivity index (χ4v) is 2.74. The Morgan fingerprint density at radius 1 is 1.00 bits per heavy atom. The van der Waals surface area contributed by atoms with Gasteiger partial charge in [0.1, 0.15) is 17.2 Å². The Morgan fingerprint density at radius 2 is 1.76 bits per heavy atom. The van der Waals surface area contributed by atoms with Crippen molar-refractivity contribution in [1.29, 1.82) is 0 Å². The Labute approximate surface area is 166 Å². The molecule has 0 bridgehead atoms. The fraction of sp³-hybridized carbons (Fsp3) is 0. The molecular weight excluding hydrogens is 369 g/mol. The van der Waals surface area contributed by atoms with Gasteiger partial charge >= 0.3 is 0 Å². The molecular formula is C22H16FN5O. The number of hydrogen-bond donors (Lipinski definition) is 1. The van der Waals surface area contributed by atoms with E-state index in [2.05, 4.69) is 20.6 Å². The minimum Gasteiger partial charge on any atom is -0.266 e. The summed E-state index contributed by atoms with van der Waals surface area (Å²) in [5.41, 5.74) is 5.61. The van der Waals surface area contributed by atoms with E-state index in [-0.39, 0.29) is 11.5 Å². The highest BCUT2D eigenvalue weighted by atomic mass is 19.1. The third-order valence-corrected chi connectivity index (χ3v) is 4.15. The van der Waals surface area contributed by atoms with Gasteiger partial charge in [-0.15, -0.1) is 0 Å². The number of aromatic nitrogens is 3. The van der Waals surface area contributed by atoms with Crippen molar-refractivity contribution >= 4 is 12.1 Å². The third kappa shape index (κ3) is 4.24. The van der Waals surface area contributed by atoms with Crippen LogP contribution in [0.2, 0.25) is 0 Å². The van der Waals surface area contributed by atoms with Crippen LogP contribution in [-0.4, -0.2) is 26.9 Å². The molecule has 1 amide bonds. The molecule has 0 fully saturated rings. The van der Waals surface area contributed by atoms with Crippen LogP contribution >= 0.6 is 0 Å². The largest absolute Gasteiger partial charge is 0.289 e. The lowest BCUT2D eigenvalue weighted by molar-refractivity contribution is 0.0950. The number of hydrogen-bond acceptors (Lipinski definition) is 4. The molecule has 29 heavy (non-hydrogen) atoms. The Balaban J connectivity index is 1.64. The summed E-state index contributed by atoms with van der Waals surface area (Å²) in [7, 11) is 0. The molecule has 0 unspecified atom stereocenters. The molecule has 2 heterocycles. The number of carbonyl (C=O) groups is 1. The van der Waals surface area contributed by atoms with Crippen molar-refractivity contribution in [3.8, 4) is 16.9 Å². The number of nitrogens with zero attached hydrogens (tertiary/aromatic N) is 4. The second-order valence-corrected chi connectivity index (χ2v) is 6.13. The summed E-state index contributed by atoms with van der Waals surface area (Å²) in [6, 6.07) is 20.7. The normalized spacial score (nSPS) is 10.9. The van der Waals surface area contributed by atoms with E-state index in [1.165, 1.54) is 24.5 Å². The van der Waals surface area contributed by atoms with E-state index in [1.807, 2.05) is 30.3 Å². The summed E-state index contributed by atoms with van der Waals surface area (Å²) in [5.74, 6) is -0.741. The maximum Gasteiger partial charge on any atom is 0.289 e. The van der Waals surface area contributed by atoms with Gasteiger partial charge in [0, 0.05) is 23.5 Å². The first-order valence-corrected chi connectivity index (χ1v) is 8.86. The molecule has 4 rings (SSSR count). The van der Waals surface area contributed by atoms with Crippen LogP contribution in [0.4, 0.5) is 4.39 Å². The highest BCUT2D eigenvalue weighted by Crippen LogP contribution is 2.23. The summed E-state index contributed by atoms with van der Waals surface area (Å²) in [6.07, 6.45) is 4.84. The second-order valence-electron chi connectivity index (χ2n) is 6.13. The first-order chi connectivity index (χ1) is 14.2. The Bertz CT molecular complexity index is 1140. The molecule has 0 aliphatic rings. The zero-order chi connectivity index (χ0) is 20.1. The number of pyridine rings is 1. The predicted octanol–water partition coefficient (Wildman–Crippen LogP) is 3.84. The molecule has 7 heteroatoms. The van der Waals surface area contributed by atoms with Gasteiger partial charge in [-0.3, -0.25) is 9.78 Å². The molecule has 6 nitrogen and oxygen atoms in total. The Morgan fingerprint density at radius 3 is 2.48 bits per heavy atom. The quantitative estimate of drug-likeness (QED) is 0.419. The first kappa shape index (κ1) is 18.2. The van der Waals surface area contributed by atoms with Gasteiger partial charge in [-0.05, 0) is 48.5 Å². The first-order valence-electron chi connectivity index (χ1n) is 8.86. The van der Waals surface area contributed by atoms with Crippen LogP contribution in [0.5, 0.6) is 0 Å². The highest BCUT2D eigenvalue weighted by Gasteiger charge is 2.12. The van der Waals surface area contributed by atoms with Gasteiger partial charge in [-0.2, -0.15) is 10.2 Å². The number of amides is 1. The van der Waals surface area contributed by atoms with Gasteiger partial charge in [0.05, 0.1) is 11.9 Å². The number of benzene rings is 2. The molecule has 142 valence electrons. The topological polar surface area (TPSA) is 72.2 Å². The lowest BCUT2D eigenvalue weighted by Crippen LogP contribution is -2.18. The van der Waals surface area contributed by atoms with Crippen molar-refractivity contribution in [3.63, 3.8) is 0 Å². The summed E-state index contributed by atoms with van der Waals surface area (Å²) < 4.78 is 15.0. The Kier molecular flexibility index (Phi) is 5.20. The number of halogens is 1.